The first kappa shape index (κ1) is 20.1. The predicted octanol–water partition coefficient (Wildman–Crippen LogP) is 4.83. The summed E-state index contributed by atoms with van der Waals surface area (Å²) in [6.07, 6.45) is 7.07. The van der Waals surface area contributed by atoms with Crippen molar-refractivity contribution < 1.29 is 9.59 Å². The van der Waals surface area contributed by atoms with E-state index in [-0.39, 0.29) is 23.6 Å². The van der Waals surface area contributed by atoms with Crippen LogP contribution in [-0.4, -0.2) is 22.8 Å². The van der Waals surface area contributed by atoms with Gasteiger partial charge in [-0.15, -0.1) is 0 Å². The van der Waals surface area contributed by atoms with Crippen molar-refractivity contribution >= 4 is 17.5 Å². The largest absolute Gasteiger partial charge is 0.348 e. The highest BCUT2D eigenvalue weighted by molar-refractivity contribution is 6.06. The van der Waals surface area contributed by atoms with Crippen molar-refractivity contribution in [2.75, 3.05) is 5.32 Å². The highest BCUT2D eigenvalue weighted by Gasteiger charge is 2.19. The van der Waals surface area contributed by atoms with E-state index in [2.05, 4.69) is 29.5 Å². The Morgan fingerprint density at radius 1 is 1.07 bits per heavy atom. The van der Waals surface area contributed by atoms with Crippen LogP contribution in [0.25, 0.3) is 0 Å². The summed E-state index contributed by atoms with van der Waals surface area (Å²) in [6, 6.07) is 9.43. The molecule has 2 aromatic rings. The third kappa shape index (κ3) is 4.77. The Labute approximate surface area is 167 Å². The zero-order chi connectivity index (χ0) is 20.1. The number of anilines is 1. The maximum absolute atomic E-state index is 12.8. The minimum atomic E-state index is -0.231. The van der Waals surface area contributed by atoms with Gasteiger partial charge >= 0.3 is 0 Å². The number of para-hydroxylation sites is 1. The van der Waals surface area contributed by atoms with Gasteiger partial charge in [-0.3, -0.25) is 14.6 Å². The Hall–Kier alpha value is -2.69. The molecule has 5 heteroatoms. The summed E-state index contributed by atoms with van der Waals surface area (Å²) in [5.74, 6) is -0.143. The molecule has 148 valence electrons. The fourth-order valence-corrected chi connectivity index (χ4v) is 3.73. The van der Waals surface area contributed by atoms with E-state index in [1.54, 1.807) is 12.1 Å². The lowest BCUT2D eigenvalue weighted by molar-refractivity contribution is 0.0922. The average Bonchev–Trinajstić information content (AvgIpc) is 2.70. The SMILES string of the molecule is Cc1cccc(C(C)C)c1NC(=O)c1ccnc(C(=O)NC2CCCCC2)c1. The molecule has 1 aromatic heterocycles. The molecule has 1 aliphatic carbocycles. The zero-order valence-corrected chi connectivity index (χ0v) is 16.9. The van der Waals surface area contributed by atoms with Gasteiger partial charge in [0.2, 0.25) is 0 Å². The first-order chi connectivity index (χ1) is 13.5. The molecule has 0 spiro atoms. The van der Waals surface area contributed by atoms with Gasteiger partial charge in [-0.25, -0.2) is 0 Å². The lowest BCUT2D eigenvalue weighted by Crippen LogP contribution is -2.36. The van der Waals surface area contributed by atoms with Crippen LogP contribution < -0.4 is 10.6 Å². The number of hydrogen-bond donors (Lipinski definition) is 2. The molecule has 0 atom stereocenters. The van der Waals surface area contributed by atoms with Crippen molar-refractivity contribution in [3.05, 3.63) is 58.9 Å². The molecule has 28 heavy (non-hydrogen) atoms. The summed E-state index contributed by atoms with van der Waals surface area (Å²) in [5.41, 5.74) is 3.67. The average molecular weight is 380 g/mol. The highest BCUT2D eigenvalue weighted by atomic mass is 16.2. The number of benzene rings is 1. The molecule has 3 rings (SSSR count). The van der Waals surface area contributed by atoms with Crippen molar-refractivity contribution in [3.8, 4) is 0 Å². The Balaban J connectivity index is 1.75. The number of nitrogens with zero attached hydrogens (tertiary/aromatic N) is 1. The van der Waals surface area contributed by atoms with Crippen LogP contribution in [0.2, 0.25) is 0 Å². The molecule has 2 amide bonds. The number of aryl methyl sites for hydroxylation is 1. The molecule has 0 aliphatic heterocycles. The highest BCUT2D eigenvalue weighted by Crippen LogP contribution is 2.28. The number of aromatic nitrogens is 1. The van der Waals surface area contributed by atoms with Gasteiger partial charge in [-0.1, -0.05) is 51.3 Å². The molecular formula is C23H29N3O2. The molecule has 1 heterocycles. The van der Waals surface area contributed by atoms with Crippen LogP contribution in [0, 0.1) is 6.92 Å². The third-order valence-electron chi connectivity index (χ3n) is 5.36. The number of hydrogen-bond acceptors (Lipinski definition) is 3. The lowest BCUT2D eigenvalue weighted by Gasteiger charge is -2.22. The van der Waals surface area contributed by atoms with Gasteiger partial charge in [0.25, 0.3) is 11.8 Å². The monoisotopic (exact) mass is 379 g/mol. The van der Waals surface area contributed by atoms with Crippen LogP contribution >= 0.6 is 0 Å². The summed E-state index contributed by atoms with van der Waals surface area (Å²) in [5, 5.41) is 6.08. The minimum absolute atomic E-state index is 0.208. The van der Waals surface area contributed by atoms with Gasteiger partial charge in [0.05, 0.1) is 0 Å². The standard InChI is InChI=1S/C23H29N3O2/c1-15(2)19-11-7-8-16(3)21(19)26-22(27)17-12-13-24-20(14-17)23(28)25-18-9-5-4-6-10-18/h7-8,11-15,18H,4-6,9-10H2,1-3H3,(H,25,28)(H,26,27). The van der Waals surface area contributed by atoms with Crippen LogP contribution in [0.15, 0.2) is 36.5 Å². The van der Waals surface area contributed by atoms with E-state index in [1.165, 1.54) is 12.6 Å². The quantitative estimate of drug-likeness (QED) is 0.782. The van der Waals surface area contributed by atoms with Gasteiger partial charge in [0.1, 0.15) is 5.69 Å². The second-order valence-corrected chi connectivity index (χ2v) is 7.89. The number of amides is 2. The van der Waals surface area contributed by atoms with Gasteiger partial charge in [-0.2, -0.15) is 0 Å². The minimum Gasteiger partial charge on any atom is -0.348 e. The smallest absolute Gasteiger partial charge is 0.270 e. The van der Waals surface area contributed by atoms with E-state index in [4.69, 9.17) is 0 Å². The maximum Gasteiger partial charge on any atom is 0.270 e. The molecule has 1 saturated carbocycles. The molecule has 1 fully saturated rings. The number of rotatable bonds is 5. The normalized spacial score (nSPS) is 14.7. The van der Waals surface area contributed by atoms with Crippen molar-refractivity contribution in [2.45, 2.75) is 64.8 Å². The molecule has 0 bridgehead atoms. The van der Waals surface area contributed by atoms with E-state index in [0.717, 1.165) is 42.5 Å². The van der Waals surface area contributed by atoms with Gasteiger partial charge in [-0.05, 0) is 48.9 Å². The summed E-state index contributed by atoms with van der Waals surface area (Å²) >= 11 is 0. The summed E-state index contributed by atoms with van der Waals surface area (Å²) in [7, 11) is 0. The van der Waals surface area contributed by atoms with Crippen LogP contribution in [0.5, 0.6) is 0 Å². The number of carbonyl (C=O) groups excluding carboxylic acids is 2. The second kappa shape index (κ2) is 9.00. The number of pyridine rings is 1. The van der Waals surface area contributed by atoms with Gasteiger partial charge < -0.3 is 10.6 Å². The van der Waals surface area contributed by atoms with E-state index < -0.39 is 0 Å². The van der Waals surface area contributed by atoms with Crippen LogP contribution in [-0.2, 0) is 0 Å². The first-order valence-corrected chi connectivity index (χ1v) is 10.1. The Kier molecular flexibility index (Phi) is 6.45. The molecule has 1 aromatic carbocycles. The van der Waals surface area contributed by atoms with Crippen LogP contribution in [0.1, 0.15) is 83.8 Å². The molecule has 0 radical (unpaired) electrons. The summed E-state index contributed by atoms with van der Waals surface area (Å²) in [4.78, 5) is 29.5. The molecule has 0 saturated heterocycles. The fraction of sp³-hybridized carbons (Fsp3) is 0.435. The first-order valence-electron chi connectivity index (χ1n) is 10.1. The Morgan fingerprint density at radius 3 is 2.54 bits per heavy atom. The van der Waals surface area contributed by atoms with E-state index >= 15 is 0 Å². The summed E-state index contributed by atoms with van der Waals surface area (Å²) in [6.45, 7) is 6.19. The van der Waals surface area contributed by atoms with Crippen molar-refractivity contribution in [3.63, 3.8) is 0 Å². The Morgan fingerprint density at radius 2 is 1.82 bits per heavy atom. The molecule has 2 N–H and O–H groups in total. The lowest BCUT2D eigenvalue weighted by atomic mass is 9.95. The number of carbonyl (C=O) groups is 2. The fourth-order valence-electron chi connectivity index (χ4n) is 3.73. The maximum atomic E-state index is 12.8. The van der Waals surface area contributed by atoms with Crippen LogP contribution in [0.4, 0.5) is 5.69 Å². The van der Waals surface area contributed by atoms with Crippen molar-refractivity contribution in [1.82, 2.24) is 10.3 Å². The van der Waals surface area contributed by atoms with Gasteiger partial charge in [0.15, 0.2) is 0 Å². The second-order valence-electron chi connectivity index (χ2n) is 7.89. The van der Waals surface area contributed by atoms with Gasteiger partial charge in [0, 0.05) is 23.5 Å². The predicted molar refractivity (Wildman–Crippen MR) is 112 cm³/mol. The van der Waals surface area contributed by atoms with Crippen LogP contribution in [0.3, 0.4) is 0 Å². The van der Waals surface area contributed by atoms with E-state index in [9.17, 15) is 9.59 Å². The molecular weight excluding hydrogens is 350 g/mol. The number of nitrogens with one attached hydrogen (secondary N) is 2. The summed E-state index contributed by atoms with van der Waals surface area (Å²) < 4.78 is 0. The van der Waals surface area contributed by atoms with Crippen molar-refractivity contribution in [2.24, 2.45) is 0 Å². The van der Waals surface area contributed by atoms with E-state index in [0.29, 0.717) is 11.5 Å². The zero-order valence-electron chi connectivity index (χ0n) is 16.9. The Bertz CT molecular complexity index is 855. The third-order valence-corrected chi connectivity index (χ3v) is 5.36. The topological polar surface area (TPSA) is 71.1 Å². The molecule has 5 nitrogen and oxygen atoms in total. The molecule has 1 aliphatic rings. The van der Waals surface area contributed by atoms with Crippen molar-refractivity contribution in [1.29, 1.82) is 0 Å². The molecule has 0 unspecified atom stereocenters. The van der Waals surface area contributed by atoms with E-state index in [1.807, 2.05) is 25.1 Å².